The Kier molecular flexibility index (Phi) is 3.29. The van der Waals surface area contributed by atoms with E-state index in [9.17, 15) is 21.6 Å². The molecule has 0 amide bonds. The summed E-state index contributed by atoms with van der Waals surface area (Å²) in [6.45, 7) is 0. The molecule has 2 nitrogen and oxygen atoms in total. The standard InChI is InChI=1S/C10H7F3O2S/c1-2-6-16(14,15)9-5-3-4-8(7-9)10(11,12)13/h1,3-5,7H,6H2. The molecule has 0 atom stereocenters. The van der Waals surface area contributed by atoms with Crippen LogP contribution in [0, 0.1) is 12.3 Å². The molecule has 0 bridgehead atoms. The Morgan fingerprint density at radius 2 is 1.94 bits per heavy atom. The van der Waals surface area contributed by atoms with Crippen LogP contribution >= 0.6 is 0 Å². The van der Waals surface area contributed by atoms with E-state index in [0.29, 0.717) is 6.07 Å². The van der Waals surface area contributed by atoms with Crippen LogP contribution in [0.3, 0.4) is 0 Å². The highest BCUT2D eigenvalue weighted by Crippen LogP contribution is 2.30. The summed E-state index contributed by atoms with van der Waals surface area (Å²) in [6, 6.07) is 3.50. The number of hydrogen-bond acceptors (Lipinski definition) is 2. The maximum Gasteiger partial charge on any atom is 0.416 e. The summed E-state index contributed by atoms with van der Waals surface area (Å²) < 4.78 is 59.7. The largest absolute Gasteiger partial charge is 0.416 e. The number of hydrogen-bond donors (Lipinski definition) is 0. The maximum atomic E-state index is 12.3. The van der Waals surface area contributed by atoms with Gasteiger partial charge in [-0.2, -0.15) is 13.2 Å². The first-order valence-electron chi connectivity index (χ1n) is 4.11. The van der Waals surface area contributed by atoms with Crippen molar-refractivity contribution in [3.8, 4) is 12.3 Å². The third kappa shape index (κ3) is 2.76. The lowest BCUT2D eigenvalue weighted by atomic mass is 10.2. The molecule has 0 aliphatic rings. The minimum Gasteiger partial charge on any atom is -0.223 e. The van der Waals surface area contributed by atoms with E-state index in [1.165, 1.54) is 0 Å². The van der Waals surface area contributed by atoms with Crippen LogP contribution in [0.25, 0.3) is 0 Å². The van der Waals surface area contributed by atoms with Gasteiger partial charge < -0.3 is 0 Å². The van der Waals surface area contributed by atoms with Crippen LogP contribution in [0.5, 0.6) is 0 Å². The summed E-state index contributed by atoms with van der Waals surface area (Å²) in [5, 5.41) is 0. The summed E-state index contributed by atoms with van der Waals surface area (Å²) in [5.74, 6) is 1.28. The van der Waals surface area contributed by atoms with Crippen LogP contribution in [-0.2, 0) is 16.0 Å². The zero-order chi connectivity index (χ0) is 12.4. The lowest BCUT2D eigenvalue weighted by Gasteiger charge is -2.08. The van der Waals surface area contributed by atoms with Gasteiger partial charge in [0.15, 0.2) is 9.84 Å². The van der Waals surface area contributed by atoms with Crippen molar-refractivity contribution in [2.24, 2.45) is 0 Å². The van der Waals surface area contributed by atoms with Crippen LogP contribution < -0.4 is 0 Å². The van der Waals surface area contributed by atoms with E-state index < -0.39 is 32.2 Å². The molecule has 0 aliphatic carbocycles. The topological polar surface area (TPSA) is 34.1 Å². The molecule has 0 unspecified atom stereocenters. The Morgan fingerprint density at radius 3 is 2.44 bits per heavy atom. The van der Waals surface area contributed by atoms with Crippen molar-refractivity contribution in [3.05, 3.63) is 29.8 Å². The fourth-order valence-electron chi connectivity index (χ4n) is 1.06. The second kappa shape index (κ2) is 4.18. The van der Waals surface area contributed by atoms with Crippen LogP contribution in [0.1, 0.15) is 5.56 Å². The number of sulfone groups is 1. The van der Waals surface area contributed by atoms with Crippen molar-refractivity contribution in [1.29, 1.82) is 0 Å². The van der Waals surface area contributed by atoms with E-state index >= 15 is 0 Å². The van der Waals surface area contributed by atoms with Crippen molar-refractivity contribution in [3.63, 3.8) is 0 Å². The van der Waals surface area contributed by atoms with Gasteiger partial charge in [-0.3, -0.25) is 0 Å². The zero-order valence-corrected chi connectivity index (χ0v) is 8.77. The summed E-state index contributed by atoms with van der Waals surface area (Å²) in [7, 11) is -3.83. The van der Waals surface area contributed by atoms with Crippen molar-refractivity contribution < 1.29 is 21.6 Å². The average Bonchev–Trinajstić information content (AvgIpc) is 2.16. The Balaban J connectivity index is 3.25. The van der Waals surface area contributed by atoms with Gasteiger partial charge in [0.2, 0.25) is 0 Å². The van der Waals surface area contributed by atoms with Crippen molar-refractivity contribution in [1.82, 2.24) is 0 Å². The first kappa shape index (κ1) is 12.6. The van der Waals surface area contributed by atoms with Crippen LogP contribution in [0.2, 0.25) is 0 Å². The molecular formula is C10H7F3O2S. The molecule has 0 heterocycles. The fourth-order valence-corrected chi connectivity index (χ4v) is 2.04. The van der Waals surface area contributed by atoms with Gasteiger partial charge in [0.1, 0.15) is 5.75 Å². The van der Waals surface area contributed by atoms with Gasteiger partial charge in [0.05, 0.1) is 10.5 Å². The molecule has 86 valence electrons. The Morgan fingerprint density at radius 1 is 1.31 bits per heavy atom. The average molecular weight is 248 g/mol. The summed E-state index contributed by atoms with van der Waals surface area (Å²) in [4.78, 5) is -0.416. The molecule has 0 aliphatic heterocycles. The van der Waals surface area contributed by atoms with Crippen LogP contribution in [0.15, 0.2) is 29.2 Å². The van der Waals surface area contributed by atoms with Crippen LogP contribution in [-0.4, -0.2) is 14.2 Å². The number of terminal acetylenes is 1. The van der Waals surface area contributed by atoms with E-state index in [1.807, 2.05) is 5.92 Å². The molecule has 0 aromatic heterocycles. The smallest absolute Gasteiger partial charge is 0.223 e. The molecule has 0 spiro atoms. The molecule has 1 rings (SSSR count). The normalized spacial score (nSPS) is 12.1. The minimum absolute atomic E-state index is 0.416. The number of halogens is 3. The van der Waals surface area contributed by atoms with Crippen molar-refractivity contribution in [2.45, 2.75) is 11.1 Å². The molecule has 0 fully saturated rings. The van der Waals surface area contributed by atoms with Crippen molar-refractivity contribution >= 4 is 9.84 Å². The molecule has 16 heavy (non-hydrogen) atoms. The van der Waals surface area contributed by atoms with Crippen molar-refractivity contribution in [2.75, 3.05) is 5.75 Å². The minimum atomic E-state index is -4.57. The maximum absolute atomic E-state index is 12.3. The Bertz CT molecular complexity index is 524. The highest BCUT2D eigenvalue weighted by molar-refractivity contribution is 7.91. The lowest BCUT2D eigenvalue weighted by Crippen LogP contribution is -2.09. The van der Waals surface area contributed by atoms with Gasteiger partial charge in [0.25, 0.3) is 0 Å². The summed E-state index contributed by atoms with van der Waals surface area (Å²) in [5.41, 5.74) is -1.01. The third-order valence-electron chi connectivity index (χ3n) is 1.79. The first-order valence-corrected chi connectivity index (χ1v) is 5.76. The molecule has 0 N–H and O–H groups in total. The van der Waals surface area contributed by atoms with Gasteiger partial charge >= 0.3 is 6.18 Å². The molecule has 1 aromatic carbocycles. The van der Waals surface area contributed by atoms with Gasteiger partial charge in [-0.25, -0.2) is 8.42 Å². The lowest BCUT2D eigenvalue weighted by molar-refractivity contribution is -0.137. The second-order valence-electron chi connectivity index (χ2n) is 2.99. The highest BCUT2D eigenvalue weighted by atomic mass is 32.2. The van der Waals surface area contributed by atoms with Crippen LogP contribution in [0.4, 0.5) is 13.2 Å². The monoisotopic (exact) mass is 248 g/mol. The van der Waals surface area contributed by atoms with E-state index in [4.69, 9.17) is 6.42 Å². The fraction of sp³-hybridized carbons (Fsp3) is 0.200. The molecule has 6 heteroatoms. The number of rotatable bonds is 2. The molecule has 0 radical (unpaired) electrons. The number of benzene rings is 1. The molecule has 1 aromatic rings. The first-order chi connectivity index (χ1) is 7.27. The van der Waals surface area contributed by atoms with Gasteiger partial charge in [0, 0.05) is 0 Å². The molecule has 0 saturated carbocycles. The second-order valence-corrected chi connectivity index (χ2v) is 4.98. The Hall–Kier alpha value is -1.48. The molecular weight excluding hydrogens is 241 g/mol. The summed E-state index contributed by atoms with van der Waals surface area (Å²) in [6.07, 6.45) is 0.257. The Labute approximate surface area is 91.0 Å². The predicted molar refractivity (Wildman–Crippen MR) is 52.3 cm³/mol. The predicted octanol–water partition coefficient (Wildman–Crippen LogP) is 2.11. The van der Waals surface area contributed by atoms with E-state index in [-0.39, 0.29) is 0 Å². The molecule has 0 saturated heterocycles. The highest BCUT2D eigenvalue weighted by Gasteiger charge is 2.31. The third-order valence-corrected chi connectivity index (χ3v) is 3.31. The SMILES string of the molecule is C#CCS(=O)(=O)c1cccc(C(F)(F)F)c1. The number of alkyl halides is 3. The van der Waals surface area contributed by atoms with Gasteiger partial charge in [-0.15, -0.1) is 6.42 Å². The van der Waals surface area contributed by atoms with Gasteiger partial charge in [-0.1, -0.05) is 12.0 Å². The van der Waals surface area contributed by atoms with E-state index in [1.54, 1.807) is 0 Å². The summed E-state index contributed by atoms with van der Waals surface area (Å²) >= 11 is 0. The zero-order valence-electron chi connectivity index (χ0n) is 7.95. The quantitative estimate of drug-likeness (QED) is 0.751. The van der Waals surface area contributed by atoms with Gasteiger partial charge in [-0.05, 0) is 18.2 Å². The van der Waals surface area contributed by atoms with E-state index in [0.717, 1.165) is 18.2 Å². The van der Waals surface area contributed by atoms with E-state index in [2.05, 4.69) is 0 Å².